The first kappa shape index (κ1) is 22.5. The molecule has 1 N–H and O–H groups in total. The van der Waals surface area contributed by atoms with E-state index in [9.17, 15) is 14.4 Å². The quantitative estimate of drug-likeness (QED) is 0.583. The van der Waals surface area contributed by atoms with Crippen LogP contribution in [0.3, 0.4) is 0 Å². The van der Waals surface area contributed by atoms with Crippen LogP contribution in [0.1, 0.15) is 25.3 Å². The average Bonchev–Trinajstić information content (AvgIpc) is 2.82. The van der Waals surface area contributed by atoms with Gasteiger partial charge < -0.3 is 15.0 Å². The molecule has 0 unspecified atom stereocenters. The number of para-hydroxylation sites is 1. The molecule has 33 heavy (non-hydrogen) atoms. The van der Waals surface area contributed by atoms with E-state index < -0.39 is 5.69 Å². The molecule has 3 aromatic rings. The number of aromatic nitrogens is 2. The van der Waals surface area contributed by atoms with Gasteiger partial charge in [0.05, 0.1) is 18.0 Å². The smallest absolute Gasteiger partial charge is 0.350 e. The highest BCUT2D eigenvalue weighted by Gasteiger charge is 2.28. The number of fused-ring (bicyclic) bond motifs is 1. The number of carbonyl (C=O) groups excluding carboxylic acids is 2. The second-order valence-electron chi connectivity index (χ2n) is 8.25. The summed E-state index contributed by atoms with van der Waals surface area (Å²) in [5.74, 6) is 0.00675. The Kier molecular flexibility index (Phi) is 6.72. The predicted molar refractivity (Wildman–Crippen MR) is 127 cm³/mol. The lowest BCUT2D eigenvalue weighted by Gasteiger charge is -2.32. The van der Waals surface area contributed by atoms with E-state index in [-0.39, 0.29) is 24.3 Å². The standard InChI is InChI=1S/C25H28N4O4/c1-3-33-24(31)18-12-14-28(15-13-18)23-20-6-4-5-7-21(20)29(25(32)27-23)16-22(30)26-19-10-8-17(2)9-11-19/h4-11,18H,3,12-16H2,1-2H3,(H,26,30). The third kappa shape index (κ3) is 5.05. The number of esters is 1. The highest BCUT2D eigenvalue weighted by Crippen LogP contribution is 2.28. The zero-order valence-electron chi connectivity index (χ0n) is 18.9. The number of rotatable bonds is 6. The van der Waals surface area contributed by atoms with Gasteiger partial charge in [0.25, 0.3) is 0 Å². The van der Waals surface area contributed by atoms with E-state index in [0.29, 0.717) is 49.6 Å². The van der Waals surface area contributed by atoms with Gasteiger partial charge in [-0.3, -0.25) is 14.2 Å². The van der Waals surface area contributed by atoms with Gasteiger partial charge in [-0.25, -0.2) is 4.79 Å². The largest absolute Gasteiger partial charge is 0.466 e. The molecule has 0 radical (unpaired) electrons. The van der Waals surface area contributed by atoms with Crippen LogP contribution in [0, 0.1) is 12.8 Å². The number of ether oxygens (including phenoxy) is 1. The molecular weight excluding hydrogens is 420 g/mol. The fourth-order valence-electron chi connectivity index (χ4n) is 4.17. The minimum atomic E-state index is -0.477. The molecule has 0 aliphatic carbocycles. The molecule has 1 amide bonds. The molecule has 0 saturated carbocycles. The van der Waals surface area contributed by atoms with Gasteiger partial charge in [0.2, 0.25) is 5.91 Å². The van der Waals surface area contributed by atoms with Crippen molar-refractivity contribution in [2.75, 3.05) is 29.9 Å². The Balaban J connectivity index is 1.56. The van der Waals surface area contributed by atoms with E-state index in [1.165, 1.54) is 4.57 Å². The van der Waals surface area contributed by atoms with Crippen LogP contribution in [0.15, 0.2) is 53.3 Å². The summed E-state index contributed by atoms with van der Waals surface area (Å²) in [5, 5.41) is 3.63. The first-order valence-electron chi connectivity index (χ1n) is 11.2. The number of nitrogens with one attached hydrogen (secondary N) is 1. The first-order valence-corrected chi connectivity index (χ1v) is 11.2. The molecule has 0 atom stereocenters. The monoisotopic (exact) mass is 448 g/mol. The minimum Gasteiger partial charge on any atom is -0.466 e. The molecule has 8 heteroatoms. The molecule has 2 aromatic carbocycles. The number of amides is 1. The molecule has 0 spiro atoms. The Bertz CT molecular complexity index is 1210. The van der Waals surface area contributed by atoms with Crippen LogP contribution >= 0.6 is 0 Å². The molecule has 8 nitrogen and oxygen atoms in total. The Morgan fingerprint density at radius 1 is 1.09 bits per heavy atom. The number of nitrogens with zero attached hydrogens (tertiary/aromatic N) is 3. The lowest BCUT2D eigenvalue weighted by atomic mass is 9.97. The van der Waals surface area contributed by atoms with Crippen LogP contribution < -0.4 is 15.9 Å². The summed E-state index contributed by atoms with van der Waals surface area (Å²) in [7, 11) is 0. The predicted octanol–water partition coefficient (Wildman–Crippen LogP) is 3.12. The van der Waals surface area contributed by atoms with Crippen molar-refractivity contribution in [3.63, 3.8) is 0 Å². The number of benzene rings is 2. The summed E-state index contributed by atoms with van der Waals surface area (Å²) in [4.78, 5) is 44.0. The summed E-state index contributed by atoms with van der Waals surface area (Å²) in [5.41, 5.74) is 1.95. The average molecular weight is 449 g/mol. The van der Waals surface area contributed by atoms with Crippen LogP contribution in [0.4, 0.5) is 11.5 Å². The number of carbonyl (C=O) groups is 2. The van der Waals surface area contributed by atoms with Crippen molar-refractivity contribution in [1.29, 1.82) is 0 Å². The molecule has 1 fully saturated rings. The SMILES string of the molecule is CCOC(=O)C1CCN(c2nc(=O)n(CC(=O)Nc3ccc(C)cc3)c3ccccc23)CC1. The van der Waals surface area contributed by atoms with Gasteiger partial charge in [0, 0.05) is 24.2 Å². The fraction of sp³-hybridized carbons (Fsp3) is 0.360. The minimum absolute atomic E-state index is 0.127. The topological polar surface area (TPSA) is 93.5 Å². The summed E-state index contributed by atoms with van der Waals surface area (Å²) in [6, 6.07) is 14.9. The number of hydrogen-bond acceptors (Lipinski definition) is 6. The zero-order valence-corrected chi connectivity index (χ0v) is 18.9. The van der Waals surface area contributed by atoms with Crippen molar-refractivity contribution in [2.45, 2.75) is 33.2 Å². The maximum absolute atomic E-state index is 13.0. The van der Waals surface area contributed by atoms with Gasteiger partial charge in [0.15, 0.2) is 0 Å². The lowest BCUT2D eigenvalue weighted by molar-refractivity contribution is -0.148. The van der Waals surface area contributed by atoms with Crippen molar-refractivity contribution in [2.24, 2.45) is 5.92 Å². The van der Waals surface area contributed by atoms with Gasteiger partial charge in [-0.05, 0) is 51.0 Å². The highest BCUT2D eigenvalue weighted by molar-refractivity contribution is 5.94. The summed E-state index contributed by atoms with van der Waals surface area (Å²) >= 11 is 0. The van der Waals surface area contributed by atoms with Crippen molar-refractivity contribution >= 4 is 34.3 Å². The van der Waals surface area contributed by atoms with Gasteiger partial charge in [-0.15, -0.1) is 0 Å². The van der Waals surface area contributed by atoms with E-state index in [1.807, 2.05) is 60.4 Å². The van der Waals surface area contributed by atoms with Crippen LogP contribution in [0.25, 0.3) is 10.9 Å². The van der Waals surface area contributed by atoms with Crippen LogP contribution in [-0.4, -0.2) is 41.1 Å². The summed E-state index contributed by atoms with van der Waals surface area (Å²) in [6.07, 6.45) is 1.30. The van der Waals surface area contributed by atoms with Gasteiger partial charge >= 0.3 is 11.7 Å². The molecule has 1 aliphatic heterocycles. The van der Waals surface area contributed by atoms with Crippen LogP contribution in [-0.2, 0) is 20.9 Å². The molecule has 1 aromatic heterocycles. The number of aryl methyl sites for hydroxylation is 1. The first-order chi connectivity index (χ1) is 16.0. The lowest BCUT2D eigenvalue weighted by Crippen LogP contribution is -2.39. The second kappa shape index (κ2) is 9.85. The number of piperidine rings is 1. The maximum Gasteiger partial charge on any atom is 0.350 e. The molecule has 4 rings (SSSR count). The van der Waals surface area contributed by atoms with Crippen LogP contribution in [0.5, 0.6) is 0 Å². The van der Waals surface area contributed by atoms with E-state index in [1.54, 1.807) is 6.92 Å². The third-order valence-corrected chi connectivity index (χ3v) is 5.92. The number of hydrogen-bond donors (Lipinski definition) is 1. The maximum atomic E-state index is 13.0. The van der Waals surface area contributed by atoms with E-state index in [4.69, 9.17) is 4.74 Å². The molecule has 0 bridgehead atoms. The fourth-order valence-corrected chi connectivity index (χ4v) is 4.17. The Hall–Kier alpha value is -3.68. The molecule has 172 valence electrons. The zero-order chi connectivity index (χ0) is 23.4. The van der Waals surface area contributed by atoms with Gasteiger partial charge in [-0.2, -0.15) is 4.98 Å². The van der Waals surface area contributed by atoms with Gasteiger partial charge in [0.1, 0.15) is 12.4 Å². The van der Waals surface area contributed by atoms with Crippen molar-refractivity contribution in [3.8, 4) is 0 Å². The Labute approximate surface area is 192 Å². The van der Waals surface area contributed by atoms with Crippen molar-refractivity contribution in [1.82, 2.24) is 9.55 Å². The number of anilines is 2. The second-order valence-corrected chi connectivity index (χ2v) is 8.25. The normalized spacial score (nSPS) is 14.3. The van der Waals surface area contributed by atoms with Crippen LogP contribution in [0.2, 0.25) is 0 Å². The molecule has 2 heterocycles. The molecule has 1 aliphatic rings. The summed E-state index contributed by atoms with van der Waals surface area (Å²) in [6.45, 7) is 5.24. The summed E-state index contributed by atoms with van der Waals surface area (Å²) < 4.78 is 6.54. The molecule has 1 saturated heterocycles. The van der Waals surface area contributed by atoms with E-state index in [0.717, 1.165) is 10.9 Å². The Morgan fingerprint density at radius 3 is 2.48 bits per heavy atom. The van der Waals surface area contributed by atoms with Crippen molar-refractivity contribution in [3.05, 3.63) is 64.6 Å². The van der Waals surface area contributed by atoms with Crippen molar-refractivity contribution < 1.29 is 14.3 Å². The van der Waals surface area contributed by atoms with Gasteiger partial charge in [-0.1, -0.05) is 29.8 Å². The third-order valence-electron chi connectivity index (χ3n) is 5.92. The van der Waals surface area contributed by atoms with E-state index in [2.05, 4.69) is 10.3 Å². The van der Waals surface area contributed by atoms with E-state index >= 15 is 0 Å². The highest BCUT2D eigenvalue weighted by atomic mass is 16.5. The Morgan fingerprint density at radius 2 is 1.79 bits per heavy atom. The molecular formula is C25H28N4O4.